The first-order valence-corrected chi connectivity index (χ1v) is 12.8. The largest absolute Gasteiger partial charge is 0.376 e. The number of aromatic nitrogens is 2. The quantitative estimate of drug-likeness (QED) is 0.414. The van der Waals surface area contributed by atoms with Gasteiger partial charge in [0.2, 0.25) is 17.8 Å². The van der Waals surface area contributed by atoms with Gasteiger partial charge >= 0.3 is 0 Å². The Morgan fingerprint density at radius 2 is 1.89 bits per heavy atom. The highest BCUT2D eigenvalue weighted by Crippen LogP contribution is 2.26. The third-order valence-electron chi connectivity index (χ3n) is 6.13. The van der Waals surface area contributed by atoms with E-state index >= 15 is 0 Å². The summed E-state index contributed by atoms with van der Waals surface area (Å²) < 4.78 is 7.58. The Labute approximate surface area is 217 Å². The van der Waals surface area contributed by atoms with E-state index in [1.165, 1.54) is 0 Å². The molecule has 190 valence electrons. The van der Waals surface area contributed by atoms with E-state index in [4.69, 9.17) is 21.3 Å². The Morgan fingerprint density at radius 1 is 1.17 bits per heavy atom. The van der Waals surface area contributed by atoms with Gasteiger partial charge in [0.15, 0.2) is 0 Å². The smallest absolute Gasteiger partial charge is 0.246 e. The predicted molar refractivity (Wildman–Crippen MR) is 142 cm³/mol. The van der Waals surface area contributed by atoms with Gasteiger partial charge in [-0.15, -0.1) is 0 Å². The minimum absolute atomic E-state index is 0.0278. The number of ether oxygens (including phenoxy) is 1. The molecule has 1 atom stereocenters. The normalized spacial score (nSPS) is 15.3. The highest BCUT2D eigenvalue weighted by atomic mass is 35.5. The van der Waals surface area contributed by atoms with Gasteiger partial charge in [0.25, 0.3) is 0 Å². The molecule has 2 aromatic carbocycles. The summed E-state index contributed by atoms with van der Waals surface area (Å²) >= 11 is 6.06. The zero-order chi connectivity index (χ0) is 25.7. The molecule has 0 unspecified atom stereocenters. The number of nitrogens with zero attached hydrogens (tertiary/aromatic N) is 3. The first-order chi connectivity index (χ1) is 17.3. The summed E-state index contributed by atoms with van der Waals surface area (Å²) in [5.74, 6) is 0.253. The van der Waals surface area contributed by atoms with Crippen molar-refractivity contribution in [2.24, 2.45) is 5.92 Å². The molecule has 2 heterocycles. The van der Waals surface area contributed by atoms with Gasteiger partial charge in [0.1, 0.15) is 6.54 Å². The van der Waals surface area contributed by atoms with Gasteiger partial charge in [0, 0.05) is 42.0 Å². The fourth-order valence-electron chi connectivity index (χ4n) is 4.23. The van der Waals surface area contributed by atoms with E-state index in [2.05, 4.69) is 5.32 Å². The molecule has 1 aliphatic heterocycles. The van der Waals surface area contributed by atoms with E-state index in [9.17, 15) is 9.59 Å². The number of benzene rings is 2. The predicted octanol–water partition coefficient (Wildman–Crippen LogP) is 5.49. The molecule has 3 aromatic rings. The van der Waals surface area contributed by atoms with Crippen molar-refractivity contribution in [2.45, 2.75) is 46.1 Å². The van der Waals surface area contributed by atoms with Crippen molar-refractivity contribution in [2.75, 3.05) is 25.0 Å². The molecule has 1 saturated heterocycles. The highest BCUT2D eigenvalue weighted by Gasteiger charge is 2.25. The number of anilines is 1. The lowest BCUT2D eigenvalue weighted by atomic mass is 10.1. The molecular weight excluding hydrogens is 476 g/mol. The lowest BCUT2D eigenvalue weighted by molar-refractivity contribution is -0.136. The Hall–Kier alpha value is -3.16. The number of carbonyl (C=O) groups is 2. The maximum absolute atomic E-state index is 13.2. The first-order valence-electron chi connectivity index (χ1n) is 12.4. The van der Waals surface area contributed by atoms with Gasteiger partial charge < -0.3 is 9.64 Å². The van der Waals surface area contributed by atoms with Crippen LogP contribution >= 0.6 is 11.6 Å². The fourth-order valence-corrected chi connectivity index (χ4v) is 4.36. The zero-order valence-corrected chi connectivity index (χ0v) is 21.8. The molecule has 0 aliphatic carbocycles. The first kappa shape index (κ1) is 25.9. The van der Waals surface area contributed by atoms with Gasteiger partial charge in [-0.05, 0) is 49.9 Å². The topological polar surface area (TPSA) is 76.5 Å². The van der Waals surface area contributed by atoms with Crippen LogP contribution < -0.4 is 5.32 Å². The summed E-state index contributed by atoms with van der Waals surface area (Å²) in [6, 6.07) is 15.4. The minimum Gasteiger partial charge on any atom is -0.376 e. The maximum atomic E-state index is 13.2. The highest BCUT2D eigenvalue weighted by molar-refractivity contribution is 6.30. The molecule has 1 fully saturated rings. The van der Waals surface area contributed by atoms with E-state index < -0.39 is 0 Å². The number of hydrogen-bond donors (Lipinski definition) is 1. The summed E-state index contributed by atoms with van der Waals surface area (Å²) in [7, 11) is 0. The van der Waals surface area contributed by atoms with Crippen molar-refractivity contribution in [3.8, 4) is 16.9 Å². The molecule has 36 heavy (non-hydrogen) atoms. The van der Waals surface area contributed by atoms with Gasteiger partial charge in [-0.25, -0.2) is 4.98 Å². The van der Waals surface area contributed by atoms with E-state index in [-0.39, 0.29) is 30.4 Å². The summed E-state index contributed by atoms with van der Waals surface area (Å²) in [6.07, 6.45) is 4.12. The summed E-state index contributed by atoms with van der Waals surface area (Å²) in [5.41, 5.74) is 3.59. The molecular formula is C28H33ClN4O3. The van der Waals surface area contributed by atoms with Crippen LogP contribution in [-0.4, -0.2) is 52.1 Å². The number of hydrogen-bond acceptors (Lipinski definition) is 4. The molecule has 8 heteroatoms. The van der Waals surface area contributed by atoms with Crippen molar-refractivity contribution >= 4 is 29.4 Å². The van der Waals surface area contributed by atoms with Gasteiger partial charge in [-0.3, -0.25) is 19.5 Å². The monoisotopic (exact) mass is 508 g/mol. The Balaban J connectivity index is 1.58. The van der Waals surface area contributed by atoms with Crippen LogP contribution in [-0.2, 0) is 14.3 Å². The molecule has 4 rings (SSSR count). The van der Waals surface area contributed by atoms with Crippen molar-refractivity contribution in [3.63, 3.8) is 0 Å². The standard InChI is InChI=1S/C28H33ClN4O3/c1-19(2)15-27(35)32(16-24-5-4-14-36-24)18-26(34)31-28-30-25(21-8-10-22(29)11-9-21)17-33(28)23-12-6-20(3)7-13-23/h6-13,17,19,24H,4-5,14-16,18H2,1-3H3,(H,30,31,34)/t24-/m1/s1. The number of halogens is 1. The third-order valence-corrected chi connectivity index (χ3v) is 6.38. The number of rotatable bonds is 9. The lowest BCUT2D eigenvalue weighted by Gasteiger charge is -2.25. The van der Waals surface area contributed by atoms with Gasteiger partial charge in [-0.2, -0.15) is 0 Å². The van der Waals surface area contributed by atoms with E-state index in [0.29, 0.717) is 36.2 Å². The molecule has 7 nitrogen and oxygen atoms in total. The number of aryl methyl sites for hydroxylation is 1. The second-order valence-electron chi connectivity index (χ2n) is 9.72. The molecule has 0 saturated carbocycles. The van der Waals surface area contributed by atoms with Crippen molar-refractivity contribution in [1.82, 2.24) is 14.5 Å². The van der Waals surface area contributed by atoms with Crippen LogP contribution in [0.15, 0.2) is 54.7 Å². The van der Waals surface area contributed by atoms with Crippen molar-refractivity contribution in [1.29, 1.82) is 0 Å². The van der Waals surface area contributed by atoms with Crippen LogP contribution in [0.3, 0.4) is 0 Å². The van der Waals surface area contributed by atoms with Crippen LogP contribution in [0.25, 0.3) is 16.9 Å². The third kappa shape index (κ3) is 6.74. The Bertz CT molecular complexity index is 1180. The summed E-state index contributed by atoms with van der Waals surface area (Å²) in [4.78, 5) is 32.5. The average Bonchev–Trinajstić information content (AvgIpc) is 3.49. The molecule has 1 aromatic heterocycles. The molecule has 0 bridgehead atoms. The Morgan fingerprint density at radius 3 is 2.53 bits per heavy atom. The second-order valence-corrected chi connectivity index (χ2v) is 10.2. The SMILES string of the molecule is Cc1ccc(-n2cc(-c3ccc(Cl)cc3)nc2NC(=O)CN(C[C@H]2CCCO2)C(=O)CC(C)C)cc1. The van der Waals surface area contributed by atoms with E-state index in [1.807, 2.05) is 80.1 Å². The zero-order valence-electron chi connectivity index (χ0n) is 21.0. The second kappa shape index (κ2) is 11.7. The van der Waals surface area contributed by atoms with Crippen LogP contribution in [0.1, 0.15) is 38.7 Å². The van der Waals surface area contributed by atoms with E-state index in [1.54, 1.807) is 4.90 Å². The number of imidazole rings is 1. The Kier molecular flexibility index (Phi) is 8.44. The number of carbonyl (C=O) groups excluding carboxylic acids is 2. The summed E-state index contributed by atoms with van der Waals surface area (Å²) in [6.45, 7) is 7.09. The summed E-state index contributed by atoms with van der Waals surface area (Å²) in [5, 5.41) is 3.58. The molecule has 0 radical (unpaired) electrons. The number of amides is 2. The van der Waals surface area contributed by atoms with E-state index in [0.717, 1.165) is 29.7 Å². The molecule has 1 N–H and O–H groups in total. The molecule has 0 spiro atoms. The van der Waals surface area contributed by atoms with Gasteiger partial charge in [0.05, 0.1) is 11.8 Å². The van der Waals surface area contributed by atoms with Crippen LogP contribution in [0.5, 0.6) is 0 Å². The van der Waals surface area contributed by atoms with Crippen LogP contribution in [0, 0.1) is 12.8 Å². The fraction of sp³-hybridized carbons (Fsp3) is 0.393. The average molecular weight is 509 g/mol. The minimum atomic E-state index is -0.299. The maximum Gasteiger partial charge on any atom is 0.246 e. The van der Waals surface area contributed by atoms with Crippen molar-refractivity contribution < 1.29 is 14.3 Å². The van der Waals surface area contributed by atoms with Crippen molar-refractivity contribution in [3.05, 3.63) is 65.3 Å². The number of nitrogens with one attached hydrogen (secondary N) is 1. The van der Waals surface area contributed by atoms with Crippen LogP contribution in [0.4, 0.5) is 5.95 Å². The molecule has 2 amide bonds. The molecule has 1 aliphatic rings. The lowest BCUT2D eigenvalue weighted by Crippen LogP contribution is -2.42. The van der Waals surface area contributed by atoms with Gasteiger partial charge in [-0.1, -0.05) is 55.3 Å². The van der Waals surface area contributed by atoms with Crippen LogP contribution in [0.2, 0.25) is 5.02 Å².